The molecule has 0 spiro atoms. The molecule has 5 rings (SSSR count). The van der Waals surface area contributed by atoms with Gasteiger partial charge in [0.1, 0.15) is 5.82 Å². The third-order valence-electron chi connectivity index (χ3n) is 5.87. The molecule has 1 aliphatic heterocycles. The lowest BCUT2D eigenvalue weighted by Crippen LogP contribution is -2.37. The van der Waals surface area contributed by atoms with Gasteiger partial charge in [-0.3, -0.25) is 4.72 Å². The van der Waals surface area contributed by atoms with Crippen LogP contribution in [-0.4, -0.2) is 67.7 Å². The number of anilines is 2. The minimum absolute atomic E-state index is 0.454. The molecule has 1 N–H and O–H groups in total. The molecule has 3 heterocycles. The lowest BCUT2D eigenvalue weighted by Gasteiger charge is -2.29. The number of aryl methyl sites for hydroxylation is 1. The monoisotopic (exact) mass is 466 g/mol. The molecule has 4 aromatic rings. The second-order valence-electron chi connectivity index (χ2n) is 8.26. The average Bonchev–Trinajstić information content (AvgIpc) is 3.20. The van der Waals surface area contributed by atoms with E-state index in [-0.39, 0.29) is 0 Å². The summed E-state index contributed by atoms with van der Waals surface area (Å²) in [7, 11) is 1.36. The highest BCUT2D eigenvalue weighted by atomic mass is 32.2. The lowest BCUT2D eigenvalue weighted by molar-refractivity contribution is 0.122. The van der Waals surface area contributed by atoms with Gasteiger partial charge >= 0.3 is 10.2 Å². The molecule has 1 fully saturated rings. The molecule has 9 nitrogen and oxygen atoms in total. The number of hydrogen-bond acceptors (Lipinski definition) is 6. The van der Waals surface area contributed by atoms with Gasteiger partial charge in [-0.15, -0.1) is 0 Å². The Hall–Kier alpha value is -3.21. The normalized spacial score (nSPS) is 15.0. The maximum atomic E-state index is 12.3. The minimum atomic E-state index is -3.62. The zero-order valence-electron chi connectivity index (χ0n) is 18.8. The van der Waals surface area contributed by atoms with Crippen molar-refractivity contribution in [2.24, 2.45) is 7.05 Å². The summed E-state index contributed by atoms with van der Waals surface area (Å²) in [5.41, 5.74) is 3.15. The summed E-state index contributed by atoms with van der Waals surface area (Å²) >= 11 is 0. The molecule has 2 aromatic carbocycles. The van der Waals surface area contributed by atoms with Crippen LogP contribution in [0.1, 0.15) is 0 Å². The smallest absolute Gasteiger partial charge is 0.301 e. The molecule has 0 saturated carbocycles. The summed E-state index contributed by atoms with van der Waals surface area (Å²) < 4.78 is 35.9. The SMILES string of the molecule is CN(C)S(=O)(=O)Nc1cccc(-c2nc(N3CCOCC3)c3ccc4c(ccn4C)c3n2)c1. The number of fused-ring (bicyclic) bond motifs is 3. The van der Waals surface area contributed by atoms with Gasteiger partial charge < -0.3 is 14.2 Å². The molecule has 0 bridgehead atoms. The summed E-state index contributed by atoms with van der Waals surface area (Å²) in [6.07, 6.45) is 2.02. The van der Waals surface area contributed by atoms with Crippen molar-refractivity contribution < 1.29 is 13.2 Å². The molecule has 0 unspecified atom stereocenters. The van der Waals surface area contributed by atoms with E-state index in [1.54, 1.807) is 18.2 Å². The van der Waals surface area contributed by atoms with Crippen molar-refractivity contribution in [3.8, 4) is 11.4 Å². The van der Waals surface area contributed by atoms with E-state index in [1.807, 2.05) is 19.3 Å². The van der Waals surface area contributed by atoms with Crippen LogP contribution >= 0.6 is 0 Å². The molecular weight excluding hydrogens is 440 g/mol. The van der Waals surface area contributed by atoms with E-state index in [9.17, 15) is 8.42 Å². The van der Waals surface area contributed by atoms with Gasteiger partial charge in [0.15, 0.2) is 5.82 Å². The van der Waals surface area contributed by atoms with Crippen molar-refractivity contribution >= 4 is 43.5 Å². The molecule has 2 aromatic heterocycles. The number of ether oxygens (including phenoxy) is 1. The van der Waals surface area contributed by atoms with E-state index in [4.69, 9.17) is 14.7 Å². The highest BCUT2D eigenvalue weighted by Gasteiger charge is 2.20. The Kier molecular flexibility index (Phi) is 5.43. The van der Waals surface area contributed by atoms with E-state index >= 15 is 0 Å². The second kappa shape index (κ2) is 8.29. The molecule has 33 heavy (non-hydrogen) atoms. The molecule has 0 atom stereocenters. The highest BCUT2D eigenvalue weighted by Crippen LogP contribution is 2.33. The topological polar surface area (TPSA) is 92.6 Å². The first-order valence-electron chi connectivity index (χ1n) is 10.7. The predicted molar refractivity (Wildman–Crippen MR) is 131 cm³/mol. The maximum Gasteiger partial charge on any atom is 0.301 e. The average molecular weight is 467 g/mol. The molecule has 0 aliphatic carbocycles. The zero-order valence-corrected chi connectivity index (χ0v) is 19.6. The molecule has 0 radical (unpaired) electrons. The van der Waals surface area contributed by atoms with Crippen LogP contribution in [0.5, 0.6) is 0 Å². The minimum Gasteiger partial charge on any atom is -0.378 e. The maximum absolute atomic E-state index is 12.3. The molecule has 1 saturated heterocycles. The quantitative estimate of drug-likeness (QED) is 0.486. The summed E-state index contributed by atoms with van der Waals surface area (Å²) in [4.78, 5) is 12.1. The van der Waals surface area contributed by atoms with Crippen molar-refractivity contribution in [1.29, 1.82) is 0 Å². The number of nitrogens with one attached hydrogen (secondary N) is 1. The van der Waals surface area contributed by atoms with Crippen LogP contribution in [0.4, 0.5) is 11.5 Å². The summed E-state index contributed by atoms with van der Waals surface area (Å²) in [6.45, 7) is 2.80. The fourth-order valence-electron chi connectivity index (χ4n) is 4.04. The van der Waals surface area contributed by atoms with Gasteiger partial charge in [0, 0.05) is 62.3 Å². The first-order valence-corrected chi connectivity index (χ1v) is 12.2. The fraction of sp³-hybridized carbons (Fsp3) is 0.304. The summed E-state index contributed by atoms with van der Waals surface area (Å²) in [5.74, 6) is 1.41. The van der Waals surface area contributed by atoms with Crippen LogP contribution < -0.4 is 9.62 Å². The first kappa shape index (κ1) is 21.6. The molecule has 1 aliphatic rings. The molecule has 10 heteroatoms. The van der Waals surface area contributed by atoms with Crippen molar-refractivity contribution in [2.75, 3.05) is 50.0 Å². The fourth-order valence-corrected chi connectivity index (χ4v) is 4.64. The van der Waals surface area contributed by atoms with Gasteiger partial charge in [0.2, 0.25) is 0 Å². The Balaban J connectivity index is 1.68. The van der Waals surface area contributed by atoms with E-state index in [2.05, 4.69) is 32.4 Å². The van der Waals surface area contributed by atoms with Crippen LogP contribution in [0.3, 0.4) is 0 Å². The van der Waals surface area contributed by atoms with Gasteiger partial charge in [-0.1, -0.05) is 12.1 Å². The molecular formula is C23H26N6O3S. The Morgan fingerprint density at radius 1 is 1.03 bits per heavy atom. The second-order valence-corrected chi connectivity index (χ2v) is 10.1. The van der Waals surface area contributed by atoms with Crippen molar-refractivity contribution in [3.05, 3.63) is 48.7 Å². The number of morpholine rings is 1. The van der Waals surface area contributed by atoms with Crippen LogP contribution in [-0.2, 0) is 22.0 Å². The standard InChI is InChI=1S/C23H26N6O3S/c1-27(2)33(30,31)26-17-6-4-5-16(15-17)22-24-21-18-9-10-28(3)20(18)8-7-19(21)23(25-22)29-11-13-32-14-12-29/h4-10,15,26H,11-14H2,1-3H3. The largest absolute Gasteiger partial charge is 0.378 e. The summed E-state index contributed by atoms with van der Waals surface area (Å²) in [5, 5.41) is 2.04. The number of hydrogen-bond donors (Lipinski definition) is 1. The Morgan fingerprint density at radius 2 is 1.82 bits per heavy atom. The van der Waals surface area contributed by atoms with Crippen molar-refractivity contribution in [2.45, 2.75) is 0 Å². The Bertz CT molecular complexity index is 1440. The van der Waals surface area contributed by atoms with E-state index in [1.165, 1.54) is 14.1 Å². The van der Waals surface area contributed by atoms with Gasteiger partial charge in [0.05, 0.1) is 24.4 Å². The number of benzene rings is 2. The van der Waals surface area contributed by atoms with Crippen LogP contribution in [0.2, 0.25) is 0 Å². The first-order chi connectivity index (χ1) is 15.8. The van der Waals surface area contributed by atoms with Gasteiger partial charge in [-0.05, 0) is 30.3 Å². The van der Waals surface area contributed by atoms with Gasteiger partial charge in [0.25, 0.3) is 0 Å². The summed E-state index contributed by atoms with van der Waals surface area (Å²) in [6, 6.07) is 13.4. The van der Waals surface area contributed by atoms with E-state index in [0.717, 1.165) is 50.6 Å². The zero-order chi connectivity index (χ0) is 23.2. The number of aromatic nitrogens is 3. The lowest BCUT2D eigenvalue weighted by atomic mass is 10.1. The third kappa shape index (κ3) is 4.01. The third-order valence-corrected chi connectivity index (χ3v) is 7.32. The molecule has 0 amide bonds. The number of nitrogens with zero attached hydrogens (tertiary/aromatic N) is 5. The van der Waals surface area contributed by atoms with Gasteiger partial charge in [-0.25, -0.2) is 9.97 Å². The highest BCUT2D eigenvalue weighted by molar-refractivity contribution is 7.90. The molecule has 172 valence electrons. The van der Waals surface area contributed by atoms with Crippen molar-refractivity contribution in [1.82, 2.24) is 18.8 Å². The Labute approximate surface area is 192 Å². The van der Waals surface area contributed by atoms with Crippen molar-refractivity contribution in [3.63, 3.8) is 0 Å². The predicted octanol–water partition coefficient (Wildman–Crippen LogP) is 2.84. The van der Waals surface area contributed by atoms with E-state index < -0.39 is 10.2 Å². The van der Waals surface area contributed by atoms with Gasteiger partial charge in [-0.2, -0.15) is 12.7 Å². The van der Waals surface area contributed by atoms with Crippen LogP contribution in [0, 0.1) is 0 Å². The number of rotatable bonds is 5. The van der Waals surface area contributed by atoms with E-state index in [0.29, 0.717) is 24.7 Å². The van der Waals surface area contributed by atoms with Crippen LogP contribution in [0.15, 0.2) is 48.7 Å². The van der Waals surface area contributed by atoms with Crippen LogP contribution in [0.25, 0.3) is 33.2 Å². The Morgan fingerprint density at radius 3 is 2.58 bits per heavy atom.